The Morgan fingerprint density at radius 3 is 2.67 bits per heavy atom. The van der Waals surface area contributed by atoms with Crippen molar-refractivity contribution in [3.05, 3.63) is 23.2 Å². The molecule has 0 aliphatic rings. The maximum absolute atomic E-state index is 12.0. The molecule has 0 aromatic heterocycles. The van der Waals surface area contributed by atoms with E-state index < -0.39 is 10.0 Å². The van der Waals surface area contributed by atoms with E-state index >= 15 is 0 Å². The molecule has 1 atom stereocenters. The standard InChI is InChI=1S/C15H23ClN2O5S/c1-4-7-17-24(20,21)12-5-6-14(13(16)8-12)23-10-15(19)18-11(2)9-22-3/h5-6,8,11,17H,4,7,9-10H2,1-3H3,(H,18,19)/t11-/m1/s1. The molecule has 1 amide bonds. The van der Waals surface area contributed by atoms with Gasteiger partial charge in [0.15, 0.2) is 6.61 Å². The first-order valence-corrected chi connectivity index (χ1v) is 9.36. The van der Waals surface area contributed by atoms with Gasteiger partial charge in [0, 0.05) is 19.7 Å². The number of nitrogens with one attached hydrogen (secondary N) is 2. The minimum absolute atomic E-state index is 0.0477. The van der Waals surface area contributed by atoms with Crippen molar-refractivity contribution in [2.75, 3.05) is 26.9 Å². The second-order valence-corrected chi connectivity index (χ2v) is 7.38. The van der Waals surface area contributed by atoms with E-state index in [0.717, 1.165) is 0 Å². The average Bonchev–Trinajstić information content (AvgIpc) is 2.51. The van der Waals surface area contributed by atoms with E-state index in [9.17, 15) is 13.2 Å². The molecule has 0 unspecified atom stereocenters. The van der Waals surface area contributed by atoms with Crippen molar-refractivity contribution >= 4 is 27.5 Å². The number of hydrogen-bond donors (Lipinski definition) is 2. The van der Waals surface area contributed by atoms with Gasteiger partial charge in [-0.2, -0.15) is 0 Å². The zero-order valence-corrected chi connectivity index (χ0v) is 15.5. The summed E-state index contributed by atoms with van der Waals surface area (Å²) in [6, 6.07) is 3.96. The largest absolute Gasteiger partial charge is 0.482 e. The highest BCUT2D eigenvalue weighted by molar-refractivity contribution is 7.89. The first-order chi connectivity index (χ1) is 11.3. The lowest BCUT2D eigenvalue weighted by Gasteiger charge is -2.14. The highest BCUT2D eigenvalue weighted by Gasteiger charge is 2.16. The van der Waals surface area contributed by atoms with Gasteiger partial charge in [-0.25, -0.2) is 13.1 Å². The fourth-order valence-electron chi connectivity index (χ4n) is 1.84. The Balaban J connectivity index is 2.67. The van der Waals surface area contributed by atoms with Crippen LogP contribution in [0.2, 0.25) is 5.02 Å². The van der Waals surface area contributed by atoms with Gasteiger partial charge in [0.2, 0.25) is 10.0 Å². The fourth-order valence-corrected chi connectivity index (χ4v) is 3.30. The van der Waals surface area contributed by atoms with E-state index in [-0.39, 0.29) is 34.2 Å². The van der Waals surface area contributed by atoms with Crippen LogP contribution < -0.4 is 14.8 Å². The number of methoxy groups -OCH3 is 1. The van der Waals surface area contributed by atoms with E-state index in [1.165, 1.54) is 18.2 Å². The minimum Gasteiger partial charge on any atom is -0.482 e. The minimum atomic E-state index is -3.60. The Labute approximate surface area is 147 Å². The molecule has 136 valence electrons. The molecule has 2 N–H and O–H groups in total. The molecule has 0 bridgehead atoms. The second-order valence-electron chi connectivity index (χ2n) is 5.20. The lowest BCUT2D eigenvalue weighted by atomic mass is 10.3. The number of amides is 1. The van der Waals surface area contributed by atoms with E-state index in [0.29, 0.717) is 19.6 Å². The summed E-state index contributed by atoms with van der Waals surface area (Å²) in [6.45, 7) is 4.18. The van der Waals surface area contributed by atoms with Crippen LogP contribution in [0.25, 0.3) is 0 Å². The lowest BCUT2D eigenvalue weighted by Crippen LogP contribution is -2.38. The van der Waals surface area contributed by atoms with Crippen LogP contribution in [0.4, 0.5) is 0 Å². The number of carbonyl (C=O) groups is 1. The number of ether oxygens (including phenoxy) is 2. The van der Waals surface area contributed by atoms with Crippen molar-refractivity contribution in [1.82, 2.24) is 10.0 Å². The number of carbonyl (C=O) groups excluding carboxylic acids is 1. The first-order valence-electron chi connectivity index (χ1n) is 7.50. The number of hydrogen-bond acceptors (Lipinski definition) is 5. The van der Waals surface area contributed by atoms with Crippen LogP contribution >= 0.6 is 11.6 Å². The van der Waals surface area contributed by atoms with Gasteiger partial charge >= 0.3 is 0 Å². The SMILES string of the molecule is CCCNS(=O)(=O)c1ccc(OCC(=O)N[C@H](C)COC)c(Cl)c1. The predicted octanol–water partition coefficient (Wildman–Crippen LogP) is 1.56. The van der Waals surface area contributed by atoms with Gasteiger partial charge in [-0.3, -0.25) is 4.79 Å². The molecule has 1 rings (SSSR count). The van der Waals surface area contributed by atoms with Crippen LogP contribution in [0, 0.1) is 0 Å². The van der Waals surface area contributed by atoms with Crippen molar-refractivity contribution in [3.8, 4) is 5.75 Å². The van der Waals surface area contributed by atoms with Gasteiger partial charge in [-0.05, 0) is 31.5 Å². The highest BCUT2D eigenvalue weighted by atomic mass is 35.5. The quantitative estimate of drug-likeness (QED) is 0.644. The molecule has 1 aromatic rings. The molecular formula is C15H23ClN2O5S. The van der Waals surface area contributed by atoms with Gasteiger partial charge < -0.3 is 14.8 Å². The molecule has 0 fully saturated rings. The first kappa shape index (κ1) is 20.7. The Morgan fingerprint density at radius 1 is 1.38 bits per heavy atom. The van der Waals surface area contributed by atoms with E-state index in [4.69, 9.17) is 21.1 Å². The maximum Gasteiger partial charge on any atom is 0.258 e. The molecule has 0 aliphatic carbocycles. The summed E-state index contributed by atoms with van der Waals surface area (Å²) >= 11 is 6.04. The Hall–Kier alpha value is -1.35. The van der Waals surface area contributed by atoms with Crippen molar-refractivity contribution < 1.29 is 22.7 Å². The molecule has 1 aromatic carbocycles. The molecule has 24 heavy (non-hydrogen) atoms. The number of halogens is 1. The van der Waals surface area contributed by atoms with Gasteiger partial charge in [-0.1, -0.05) is 18.5 Å². The van der Waals surface area contributed by atoms with Crippen molar-refractivity contribution in [2.24, 2.45) is 0 Å². The molecule has 0 heterocycles. The third-order valence-electron chi connectivity index (χ3n) is 2.94. The van der Waals surface area contributed by atoms with Crippen LogP contribution in [0.1, 0.15) is 20.3 Å². The molecule has 0 saturated heterocycles. The van der Waals surface area contributed by atoms with Crippen LogP contribution in [0.15, 0.2) is 23.1 Å². The van der Waals surface area contributed by atoms with E-state index in [1.54, 1.807) is 14.0 Å². The van der Waals surface area contributed by atoms with Crippen LogP contribution in [0.3, 0.4) is 0 Å². The third kappa shape index (κ3) is 6.64. The number of benzene rings is 1. The maximum atomic E-state index is 12.0. The lowest BCUT2D eigenvalue weighted by molar-refractivity contribution is -0.124. The zero-order chi connectivity index (χ0) is 18.2. The molecule has 0 saturated carbocycles. The van der Waals surface area contributed by atoms with Crippen LogP contribution in [-0.2, 0) is 19.6 Å². The molecule has 0 spiro atoms. The van der Waals surface area contributed by atoms with Crippen LogP contribution in [-0.4, -0.2) is 47.2 Å². The van der Waals surface area contributed by atoms with Crippen LogP contribution in [0.5, 0.6) is 5.75 Å². The molecule has 7 nitrogen and oxygen atoms in total. The second kappa shape index (κ2) is 9.83. The smallest absolute Gasteiger partial charge is 0.258 e. The number of rotatable bonds is 10. The number of sulfonamides is 1. The summed E-state index contributed by atoms with van der Waals surface area (Å²) in [6.07, 6.45) is 0.685. The summed E-state index contributed by atoms with van der Waals surface area (Å²) in [5, 5.41) is 2.81. The van der Waals surface area contributed by atoms with Crippen molar-refractivity contribution in [2.45, 2.75) is 31.2 Å². The van der Waals surface area contributed by atoms with Gasteiger partial charge in [-0.15, -0.1) is 0 Å². The Morgan fingerprint density at radius 2 is 2.08 bits per heavy atom. The summed E-state index contributed by atoms with van der Waals surface area (Å²) in [5.74, 6) is -0.0856. The molecule has 9 heteroatoms. The molecular weight excluding hydrogens is 356 g/mol. The Bertz CT molecular complexity index is 651. The monoisotopic (exact) mass is 378 g/mol. The summed E-state index contributed by atoms with van der Waals surface area (Å²) in [4.78, 5) is 11.8. The zero-order valence-electron chi connectivity index (χ0n) is 14.0. The van der Waals surface area contributed by atoms with Gasteiger partial charge in [0.1, 0.15) is 5.75 Å². The highest BCUT2D eigenvalue weighted by Crippen LogP contribution is 2.27. The normalized spacial score (nSPS) is 12.7. The topological polar surface area (TPSA) is 93.7 Å². The summed E-state index contributed by atoms with van der Waals surface area (Å²) in [7, 11) is -2.05. The Kier molecular flexibility index (Phi) is 8.47. The van der Waals surface area contributed by atoms with Gasteiger partial charge in [0.25, 0.3) is 5.91 Å². The molecule has 0 aliphatic heterocycles. The van der Waals surface area contributed by atoms with E-state index in [2.05, 4.69) is 10.0 Å². The summed E-state index contributed by atoms with van der Waals surface area (Å²) in [5.41, 5.74) is 0. The van der Waals surface area contributed by atoms with Crippen molar-refractivity contribution in [3.63, 3.8) is 0 Å². The molecule has 0 radical (unpaired) electrons. The van der Waals surface area contributed by atoms with Gasteiger partial charge in [0.05, 0.1) is 16.5 Å². The predicted molar refractivity (Wildman–Crippen MR) is 91.9 cm³/mol. The van der Waals surface area contributed by atoms with Crippen molar-refractivity contribution in [1.29, 1.82) is 0 Å². The van der Waals surface area contributed by atoms with E-state index in [1.807, 2.05) is 6.92 Å². The average molecular weight is 379 g/mol. The summed E-state index contributed by atoms with van der Waals surface area (Å²) < 4.78 is 36.7. The third-order valence-corrected chi connectivity index (χ3v) is 4.69. The fraction of sp³-hybridized carbons (Fsp3) is 0.533.